The number of alkyl halides is 1. The van der Waals surface area contributed by atoms with Crippen molar-refractivity contribution in [1.29, 1.82) is 0 Å². The molecule has 1 atom stereocenters. The van der Waals surface area contributed by atoms with Gasteiger partial charge in [-0.3, -0.25) is 4.90 Å². The summed E-state index contributed by atoms with van der Waals surface area (Å²) in [6, 6.07) is 2.53. The van der Waals surface area contributed by atoms with Gasteiger partial charge in [0.2, 0.25) is 0 Å². The van der Waals surface area contributed by atoms with Crippen molar-refractivity contribution in [3.63, 3.8) is 0 Å². The Bertz CT molecular complexity index is 320. The Morgan fingerprint density at radius 3 is 3.20 bits per heavy atom. The first kappa shape index (κ1) is 11.9. The fraction of sp³-hybridized carbons (Fsp3) is 0.600. The molecular formula is C10H13BrClNOS. The fourth-order valence-corrected chi connectivity index (χ4v) is 3.44. The highest BCUT2D eigenvalue weighted by Crippen LogP contribution is 2.22. The number of ether oxygens (including phenoxy) is 1. The van der Waals surface area contributed by atoms with Crippen molar-refractivity contribution in [2.45, 2.75) is 12.6 Å². The zero-order valence-corrected chi connectivity index (χ0v) is 11.4. The minimum Gasteiger partial charge on any atom is -0.378 e. The van der Waals surface area contributed by atoms with Crippen LogP contribution in [0.1, 0.15) is 4.88 Å². The lowest BCUT2D eigenvalue weighted by Crippen LogP contribution is -2.45. The van der Waals surface area contributed by atoms with Crippen molar-refractivity contribution in [2.75, 3.05) is 25.6 Å². The SMILES string of the molecule is ClCC1COCCN1Cc1cc(Br)cs1. The van der Waals surface area contributed by atoms with Gasteiger partial charge in [0.1, 0.15) is 0 Å². The minimum absolute atomic E-state index is 0.362. The monoisotopic (exact) mass is 309 g/mol. The van der Waals surface area contributed by atoms with Crippen LogP contribution in [0.15, 0.2) is 15.9 Å². The lowest BCUT2D eigenvalue weighted by Gasteiger charge is -2.33. The van der Waals surface area contributed by atoms with E-state index in [4.69, 9.17) is 16.3 Å². The number of rotatable bonds is 3. The van der Waals surface area contributed by atoms with E-state index in [-0.39, 0.29) is 0 Å². The molecule has 1 fully saturated rings. The molecular weight excluding hydrogens is 298 g/mol. The summed E-state index contributed by atoms with van der Waals surface area (Å²) in [6.45, 7) is 3.54. The molecule has 5 heteroatoms. The minimum atomic E-state index is 0.362. The number of hydrogen-bond donors (Lipinski definition) is 0. The molecule has 2 rings (SSSR count). The van der Waals surface area contributed by atoms with E-state index in [1.807, 2.05) is 0 Å². The average Bonchev–Trinajstić information content (AvgIpc) is 2.65. The fourth-order valence-electron chi connectivity index (χ4n) is 1.68. The van der Waals surface area contributed by atoms with Gasteiger partial charge in [-0.15, -0.1) is 22.9 Å². The standard InChI is InChI=1S/C10H13BrClNOS/c11-8-3-10(15-7-8)5-13-1-2-14-6-9(13)4-12/h3,7,9H,1-2,4-6H2. The van der Waals surface area contributed by atoms with Crippen LogP contribution < -0.4 is 0 Å². The van der Waals surface area contributed by atoms with E-state index in [1.54, 1.807) is 11.3 Å². The second-order valence-electron chi connectivity index (χ2n) is 3.58. The molecule has 1 aromatic rings. The number of nitrogens with zero attached hydrogens (tertiary/aromatic N) is 1. The Morgan fingerprint density at radius 1 is 1.67 bits per heavy atom. The van der Waals surface area contributed by atoms with Gasteiger partial charge in [0.25, 0.3) is 0 Å². The van der Waals surface area contributed by atoms with Crippen molar-refractivity contribution < 1.29 is 4.74 Å². The molecule has 0 bridgehead atoms. The van der Waals surface area contributed by atoms with Gasteiger partial charge in [0.05, 0.1) is 13.2 Å². The van der Waals surface area contributed by atoms with E-state index < -0.39 is 0 Å². The van der Waals surface area contributed by atoms with E-state index in [2.05, 4.69) is 32.3 Å². The lowest BCUT2D eigenvalue weighted by molar-refractivity contribution is -0.00258. The quantitative estimate of drug-likeness (QED) is 0.796. The number of morpholine rings is 1. The maximum atomic E-state index is 5.92. The van der Waals surface area contributed by atoms with Gasteiger partial charge >= 0.3 is 0 Å². The Hall–Kier alpha value is 0.390. The molecule has 1 aliphatic rings. The van der Waals surface area contributed by atoms with E-state index in [1.165, 1.54) is 4.88 Å². The summed E-state index contributed by atoms with van der Waals surface area (Å²) in [7, 11) is 0. The summed E-state index contributed by atoms with van der Waals surface area (Å²) < 4.78 is 6.58. The summed E-state index contributed by atoms with van der Waals surface area (Å²) in [5.41, 5.74) is 0. The van der Waals surface area contributed by atoms with E-state index in [0.29, 0.717) is 11.9 Å². The van der Waals surface area contributed by atoms with Crippen LogP contribution in [-0.4, -0.2) is 36.6 Å². The second kappa shape index (κ2) is 5.64. The van der Waals surface area contributed by atoms with Crippen LogP contribution in [0.25, 0.3) is 0 Å². The second-order valence-corrected chi connectivity index (χ2v) is 5.80. The van der Waals surface area contributed by atoms with E-state index in [9.17, 15) is 0 Å². The largest absolute Gasteiger partial charge is 0.378 e. The summed E-state index contributed by atoms with van der Waals surface area (Å²) >= 11 is 11.2. The summed E-state index contributed by atoms with van der Waals surface area (Å²) in [6.07, 6.45) is 0. The smallest absolute Gasteiger partial charge is 0.0634 e. The Balaban J connectivity index is 1.97. The van der Waals surface area contributed by atoms with Gasteiger partial charge in [-0.05, 0) is 22.0 Å². The Kier molecular flexibility index (Phi) is 4.46. The maximum absolute atomic E-state index is 5.92. The predicted molar refractivity (Wildman–Crippen MR) is 67.8 cm³/mol. The van der Waals surface area contributed by atoms with Crippen molar-refractivity contribution in [1.82, 2.24) is 4.90 Å². The van der Waals surface area contributed by atoms with Crippen molar-refractivity contribution >= 4 is 38.9 Å². The molecule has 1 unspecified atom stereocenters. The molecule has 0 N–H and O–H groups in total. The first-order valence-electron chi connectivity index (χ1n) is 4.90. The highest BCUT2D eigenvalue weighted by Gasteiger charge is 2.22. The summed E-state index contributed by atoms with van der Waals surface area (Å²) in [5, 5.41) is 2.12. The van der Waals surface area contributed by atoms with Gasteiger partial charge in [-0.25, -0.2) is 0 Å². The molecule has 0 amide bonds. The van der Waals surface area contributed by atoms with Crippen LogP contribution >= 0.6 is 38.9 Å². The molecule has 0 spiro atoms. The van der Waals surface area contributed by atoms with Crippen LogP contribution in [-0.2, 0) is 11.3 Å². The number of hydrogen-bond acceptors (Lipinski definition) is 3. The normalized spacial score (nSPS) is 23.2. The third kappa shape index (κ3) is 3.17. The molecule has 0 aromatic carbocycles. The molecule has 2 heterocycles. The molecule has 84 valence electrons. The predicted octanol–water partition coefficient (Wildman–Crippen LogP) is 2.95. The lowest BCUT2D eigenvalue weighted by atomic mass is 10.2. The topological polar surface area (TPSA) is 12.5 Å². The zero-order chi connectivity index (χ0) is 10.7. The number of thiophene rings is 1. The van der Waals surface area contributed by atoms with Crippen LogP contribution in [0.5, 0.6) is 0 Å². The zero-order valence-electron chi connectivity index (χ0n) is 8.29. The molecule has 15 heavy (non-hydrogen) atoms. The average molecular weight is 311 g/mol. The molecule has 1 saturated heterocycles. The highest BCUT2D eigenvalue weighted by molar-refractivity contribution is 9.10. The summed E-state index contributed by atoms with van der Waals surface area (Å²) in [5.74, 6) is 0.645. The van der Waals surface area contributed by atoms with Gasteiger partial charge in [0, 0.05) is 39.7 Å². The molecule has 0 saturated carbocycles. The molecule has 2 nitrogen and oxygen atoms in total. The molecule has 0 radical (unpaired) electrons. The molecule has 1 aliphatic heterocycles. The van der Waals surface area contributed by atoms with E-state index >= 15 is 0 Å². The van der Waals surface area contributed by atoms with Gasteiger partial charge in [0.15, 0.2) is 0 Å². The van der Waals surface area contributed by atoms with Gasteiger partial charge < -0.3 is 4.74 Å². The third-order valence-corrected chi connectivity index (χ3v) is 4.55. The maximum Gasteiger partial charge on any atom is 0.0634 e. The van der Waals surface area contributed by atoms with Crippen LogP contribution in [0.3, 0.4) is 0 Å². The first-order valence-corrected chi connectivity index (χ1v) is 7.11. The number of halogens is 2. The van der Waals surface area contributed by atoms with Crippen molar-refractivity contribution in [3.8, 4) is 0 Å². The highest BCUT2D eigenvalue weighted by atomic mass is 79.9. The third-order valence-electron chi connectivity index (χ3n) is 2.51. The van der Waals surface area contributed by atoms with Crippen molar-refractivity contribution in [2.24, 2.45) is 0 Å². The van der Waals surface area contributed by atoms with Crippen LogP contribution in [0, 0.1) is 0 Å². The van der Waals surface area contributed by atoms with Gasteiger partial charge in [-0.2, -0.15) is 0 Å². The van der Waals surface area contributed by atoms with E-state index in [0.717, 1.165) is 30.8 Å². The Labute approximate surface area is 107 Å². The van der Waals surface area contributed by atoms with Crippen LogP contribution in [0.4, 0.5) is 0 Å². The van der Waals surface area contributed by atoms with Crippen LogP contribution in [0.2, 0.25) is 0 Å². The van der Waals surface area contributed by atoms with Gasteiger partial charge in [-0.1, -0.05) is 0 Å². The molecule has 1 aromatic heterocycles. The molecule has 0 aliphatic carbocycles. The first-order chi connectivity index (χ1) is 7.29. The Morgan fingerprint density at radius 2 is 2.53 bits per heavy atom. The van der Waals surface area contributed by atoms with Crippen molar-refractivity contribution in [3.05, 3.63) is 20.8 Å². The summed E-state index contributed by atoms with van der Waals surface area (Å²) in [4.78, 5) is 3.77.